The van der Waals surface area contributed by atoms with E-state index in [0.29, 0.717) is 17.9 Å². The number of fused-ring (bicyclic) bond motifs is 4. The number of furan rings is 1. The number of quaternary nitrogens is 1. The molecule has 0 fully saturated rings. The predicted molar refractivity (Wildman–Crippen MR) is 101 cm³/mol. The summed E-state index contributed by atoms with van der Waals surface area (Å²) >= 11 is 0. The highest BCUT2D eigenvalue weighted by Crippen LogP contribution is 2.41. The molecule has 5 heteroatoms. The lowest BCUT2D eigenvalue weighted by Crippen LogP contribution is -3.05. The predicted octanol–water partition coefficient (Wildman–Crippen LogP) is 2.64. The van der Waals surface area contributed by atoms with Crippen molar-refractivity contribution in [3.05, 3.63) is 39.4 Å². The number of ether oxygens (including phenoxy) is 1. The van der Waals surface area contributed by atoms with Crippen molar-refractivity contribution >= 4 is 21.9 Å². The van der Waals surface area contributed by atoms with Gasteiger partial charge in [0, 0.05) is 35.2 Å². The Morgan fingerprint density at radius 2 is 1.85 bits per heavy atom. The quantitative estimate of drug-likeness (QED) is 0.564. The summed E-state index contributed by atoms with van der Waals surface area (Å²) < 4.78 is 17.9. The molecule has 1 aliphatic carbocycles. The van der Waals surface area contributed by atoms with Crippen LogP contribution in [0.5, 0.6) is 5.75 Å². The van der Waals surface area contributed by atoms with Gasteiger partial charge >= 0.3 is 5.63 Å². The number of hydrogen-bond donors (Lipinski definition) is 1. The molecule has 1 aliphatic rings. The lowest BCUT2D eigenvalue weighted by molar-refractivity contribution is -0.858. The molecule has 2 aromatic heterocycles. The summed E-state index contributed by atoms with van der Waals surface area (Å²) in [5.74, 6) is 1.64. The molecule has 26 heavy (non-hydrogen) atoms. The lowest BCUT2D eigenvalue weighted by atomic mass is 9.95. The zero-order chi connectivity index (χ0) is 18.3. The fourth-order valence-electron chi connectivity index (χ4n) is 3.86. The van der Waals surface area contributed by atoms with Crippen LogP contribution in [0, 0.1) is 6.92 Å². The third kappa shape index (κ3) is 3.01. The molecule has 5 nitrogen and oxygen atoms in total. The maximum absolute atomic E-state index is 12.0. The Hall–Kier alpha value is -2.27. The van der Waals surface area contributed by atoms with Gasteiger partial charge in [-0.3, -0.25) is 0 Å². The Morgan fingerprint density at radius 3 is 2.65 bits per heavy atom. The number of hydrogen-bond acceptors (Lipinski definition) is 4. The number of benzene rings is 1. The second kappa shape index (κ2) is 6.80. The largest absolute Gasteiger partial charge is 0.486 e. The zero-order valence-corrected chi connectivity index (χ0v) is 15.7. The summed E-state index contributed by atoms with van der Waals surface area (Å²) in [6, 6.07) is 3.65. The van der Waals surface area contributed by atoms with Crippen LogP contribution in [0.15, 0.2) is 25.8 Å². The molecule has 138 valence electrons. The molecule has 0 spiro atoms. The summed E-state index contributed by atoms with van der Waals surface area (Å²) in [5, 5.41) is 2.04. The lowest BCUT2D eigenvalue weighted by Gasteiger charge is -2.11. The van der Waals surface area contributed by atoms with Crippen LogP contribution < -0.4 is 15.3 Å². The van der Waals surface area contributed by atoms with Gasteiger partial charge in [-0.15, -0.1) is 0 Å². The SMILES string of the molecule is Cc1cc(=O)oc2c(OCCC[NH+](C)C)c3oc4c(c3cc12)CCCC4. The summed E-state index contributed by atoms with van der Waals surface area (Å²) in [5.41, 5.74) is 3.09. The van der Waals surface area contributed by atoms with Crippen molar-refractivity contribution in [3.63, 3.8) is 0 Å². The average Bonchev–Trinajstić information content (AvgIpc) is 2.96. The molecular weight excluding hydrogens is 330 g/mol. The second-order valence-corrected chi connectivity index (χ2v) is 7.58. The number of nitrogens with one attached hydrogen (secondary N) is 1. The molecule has 0 unspecified atom stereocenters. The number of aryl methyl sites for hydroxylation is 3. The van der Waals surface area contributed by atoms with Gasteiger partial charge in [0.25, 0.3) is 0 Å². The topological polar surface area (TPSA) is 57.0 Å². The standard InChI is InChI=1S/C21H25NO4/c1-13-11-18(23)26-19-15(13)12-16-14-7-4-5-8-17(14)25-20(16)21(19)24-10-6-9-22(2)3/h11-12H,4-10H2,1-3H3/p+1. The van der Waals surface area contributed by atoms with Gasteiger partial charge in [-0.1, -0.05) is 0 Å². The van der Waals surface area contributed by atoms with Crippen molar-refractivity contribution in [2.75, 3.05) is 27.2 Å². The summed E-state index contributed by atoms with van der Waals surface area (Å²) in [6.07, 6.45) is 5.27. The van der Waals surface area contributed by atoms with E-state index in [4.69, 9.17) is 13.6 Å². The van der Waals surface area contributed by atoms with Crippen LogP contribution in [-0.4, -0.2) is 27.2 Å². The monoisotopic (exact) mass is 356 g/mol. The highest BCUT2D eigenvalue weighted by atomic mass is 16.5. The molecule has 4 rings (SSSR count). The van der Waals surface area contributed by atoms with Crippen LogP contribution in [0.1, 0.15) is 36.1 Å². The van der Waals surface area contributed by atoms with Crippen LogP contribution in [0.4, 0.5) is 0 Å². The third-order valence-corrected chi connectivity index (χ3v) is 5.19. The van der Waals surface area contributed by atoms with E-state index < -0.39 is 0 Å². The molecule has 1 aromatic carbocycles. The Kier molecular flexibility index (Phi) is 4.49. The normalized spacial score (nSPS) is 14.3. The molecule has 0 atom stereocenters. The molecule has 0 saturated heterocycles. The first-order valence-corrected chi connectivity index (χ1v) is 9.48. The fraction of sp³-hybridized carbons (Fsp3) is 0.476. The van der Waals surface area contributed by atoms with E-state index in [2.05, 4.69) is 20.2 Å². The Balaban J connectivity index is 1.88. The smallest absolute Gasteiger partial charge is 0.336 e. The average molecular weight is 356 g/mol. The third-order valence-electron chi connectivity index (χ3n) is 5.19. The molecule has 0 bridgehead atoms. The molecule has 0 aliphatic heterocycles. The minimum atomic E-state index is -0.353. The minimum Gasteiger partial charge on any atom is -0.486 e. The van der Waals surface area contributed by atoms with Crippen LogP contribution in [-0.2, 0) is 12.8 Å². The van der Waals surface area contributed by atoms with Crippen LogP contribution >= 0.6 is 0 Å². The molecule has 2 heterocycles. The molecule has 1 N–H and O–H groups in total. The van der Waals surface area contributed by atoms with E-state index in [1.165, 1.54) is 16.9 Å². The van der Waals surface area contributed by atoms with Gasteiger partial charge in [0.05, 0.1) is 27.2 Å². The van der Waals surface area contributed by atoms with Crippen LogP contribution in [0.2, 0.25) is 0 Å². The fourth-order valence-corrected chi connectivity index (χ4v) is 3.86. The first kappa shape index (κ1) is 17.2. The van der Waals surface area contributed by atoms with Gasteiger partial charge < -0.3 is 18.5 Å². The van der Waals surface area contributed by atoms with Crippen molar-refractivity contribution in [2.45, 2.75) is 39.0 Å². The van der Waals surface area contributed by atoms with E-state index in [-0.39, 0.29) is 5.63 Å². The minimum absolute atomic E-state index is 0.353. The zero-order valence-electron chi connectivity index (χ0n) is 15.7. The van der Waals surface area contributed by atoms with E-state index in [1.807, 2.05) is 6.92 Å². The van der Waals surface area contributed by atoms with Crippen molar-refractivity contribution in [2.24, 2.45) is 0 Å². The van der Waals surface area contributed by atoms with Crippen LogP contribution in [0.25, 0.3) is 21.9 Å². The van der Waals surface area contributed by atoms with Gasteiger partial charge in [0.15, 0.2) is 11.2 Å². The molecule has 0 amide bonds. The van der Waals surface area contributed by atoms with Crippen LogP contribution in [0.3, 0.4) is 0 Å². The van der Waals surface area contributed by atoms with Crippen molar-refractivity contribution in [3.8, 4) is 5.75 Å². The van der Waals surface area contributed by atoms with Crippen molar-refractivity contribution in [1.82, 2.24) is 0 Å². The first-order chi connectivity index (χ1) is 12.5. The highest BCUT2D eigenvalue weighted by Gasteiger charge is 2.24. The van der Waals surface area contributed by atoms with Crippen molar-refractivity contribution < 1.29 is 18.5 Å². The molecule has 0 radical (unpaired) electrons. The Morgan fingerprint density at radius 1 is 1.08 bits per heavy atom. The summed E-state index contributed by atoms with van der Waals surface area (Å²) in [4.78, 5) is 13.3. The van der Waals surface area contributed by atoms with E-state index in [1.54, 1.807) is 6.07 Å². The summed E-state index contributed by atoms with van der Waals surface area (Å²) in [7, 11) is 4.25. The van der Waals surface area contributed by atoms with Gasteiger partial charge in [-0.05, 0) is 37.8 Å². The molecule has 3 aromatic rings. The first-order valence-electron chi connectivity index (χ1n) is 9.48. The second-order valence-electron chi connectivity index (χ2n) is 7.58. The van der Waals surface area contributed by atoms with Crippen molar-refractivity contribution in [1.29, 1.82) is 0 Å². The molecule has 0 saturated carbocycles. The summed E-state index contributed by atoms with van der Waals surface area (Å²) in [6.45, 7) is 3.53. The van der Waals surface area contributed by atoms with Gasteiger partial charge in [-0.2, -0.15) is 0 Å². The Labute approximate surface area is 152 Å². The van der Waals surface area contributed by atoms with Gasteiger partial charge in [0.1, 0.15) is 5.76 Å². The van der Waals surface area contributed by atoms with Gasteiger partial charge in [-0.25, -0.2) is 4.79 Å². The number of rotatable bonds is 5. The van der Waals surface area contributed by atoms with E-state index >= 15 is 0 Å². The highest BCUT2D eigenvalue weighted by molar-refractivity contribution is 6.03. The van der Waals surface area contributed by atoms with Gasteiger partial charge in [0.2, 0.25) is 5.75 Å². The Bertz CT molecular complexity index is 1010. The maximum Gasteiger partial charge on any atom is 0.336 e. The van der Waals surface area contributed by atoms with E-state index in [9.17, 15) is 4.79 Å². The molecular formula is C21H26NO4+. The maximum atomic E-state index is 12.0. The van der Waals surface area contributed by atoms with E-state index in [0.717, 1.165) is 59.9 Å².